The zero-order valence-electron chi connectivity index (χ0n) is 16.7. The zero-order chi connectivity index (χ0) is 20.2. The summed E-state index contributed by atoms with van der Waals surface area (Å²) in [4.78, 5) is 14.6. The molecule has 2 aromatic rings. The molecule has 1 amide bonds. The minimum Gasteiger partial charge on any atom is -0.492 e. The van der Waals surface area contributed by atoms with Crippen molar-refractivity contribution in [3.63, 3.8) is 0 Å². The molecule has 0 aliphatic carbocycles. The Morgan fingerprint density at radius 1 is 1.21 bits per heavy atom. The first-order valence-electron chi connectivity index (χ1n) is 10.3. The lowest BCUT2D eigenvalue weighted by molar-refractivity contribution is -0.909. The molecule has 6 heteroatoms. The Labute approximate surface area is 176 Å². The zero-order valence-corrected chi connectivity index (χ0v) is 17.5. The Kier molecular flexibility index (Phi) is 6.38. The average Bonchev–Trinajstić information content (AvgIpc) is 2.74. The predicted molar refractivity (Wildman–Crippen MR) is 113 cm³/mol. The van der Waals surface area contributed by atoms with Crippen LogP contribution in [0.25, 0.3) is 0 Å². The van der Waals surface area contributed by atoms with Crippen molar-refractivity contribution in [2.24, 2.45) is 5.92 Å². The smallest absolute Gasteiger partial charge is 0.227 e. The third-order valence-electron chi connectivity index (χ3n) is 5.79. The van der Waals surface area contributed by atoms with Gasteiger partial charge in [0, 0.05) is 5.02 Å². The number of nitrogens with one attached hydrogen (secondary N) is 2. The van der Waals surface area contributed by atoms with Gasteiger partial charge >= 0.3 is 0 Å². The van der Waals surface area contributed by atoms with Gasteiger partial charge in [-0.15, -0.1) is 0 Å². The molecule has 2 aliphatic rings. The van der Waals surface area contributed by atoms with Crippen molar-refractivity contribution in [1.29, 1.82) is 0 Å². The highest BCUT2D eigenvalue weighted by atomic mass is 35.5. The maximum Gasteiger partial charge on any atom is 0.227 e. The van der Waals surface area contributed by atoms with E-state index < -0.39 is 0 Å². The normalized spacial score (nSPS) is 20.4. The molecule has 5 nitrogen and oxygen atoms in total. The second kappa shape index (κ2) is 9.16. The summed E-state index contributed by atoms with van der Waals surface area (Å²) in [5.74, 6) is 0.647. The van der Waals surface area contributed by atoms with Gasteiger partial charge in [0.1, 0.15) is 38.0 Å². The number of rotatable bonds is 5. The second-order valence-corrected chi connectivity index (χ2v) is 8.44. The van der Waals surface area contributed by atoms with E-state index in [9.17, 15) is 4.79 Å². The van der Waals surface area contributed by atoms with E-state index in [0.29, 0.717) is 18.1 Å². The van der Waals surface area contributed by atoms with Crippen LogP contribution in [0.1, 0.15) is 22.7 Å². The van der Waals surface area contributed by atoms with Crippen LogP contribution in [0.2, 0.25) is 5.02 Å². The average molecular weight is 416 g/mol. The van der Waals surface area contributed by atoms with Crippen molar-refractivity contribution in [3.05, 3.63) is 64.2 Å². The standard InChI is InChI=1S/C23H27ClN2O3/c1-16-2-4-17(5-3-16)21(14-26-8-10-28-11-9-26)25-23(27)19-12-18-13-20(24)6-7-22(18)29-15-19/h2-7,13,19,21H,8-12,14-15H2,1H3,(H,25,27)/p+1/t19-,21-/m1/s1. The minimum absolute atomic E-state index is 0.0306. The van der Waals surface area contributed by atoms with Crippen LogP contribution in [0.3, 0.4) is 0 Å². The number of morpholine rings is 1. The fourth-order valence-electron chi connectivity index (χ4n) is 4.02. The van der Waals surface area contributed by atoms with E-state index in [1.54, 1.807) is 0 Å². The van der Waals surface area contributed by atoms with Crippen LogP contribution in [-0.4, -0.2) is 45.4 Å². The number of carbonyl (C=O) groups excluding carboxylic acids is 1. The Morgan fingerprint density at radius 3 is 2.72 bits per heavy atom. The number of quaternary nitrogens is 1. The molecule has 1 saturated heterocycles. The number of fused-ring (bicyclic) bond motifs is 1. The lowest BCUT2D eigenvalue weighted by Crippen LogP contribution is -3.14. The summed E-state index contributed by atoms with van der Waals surface area (Å²) in [5.41, 5.74) is 3.35. The van der Waals surface area contributed by atoms with Crippen LogP contribution in [0.5, 0.6) is 5.75 Å². The van der Waals surface area contributed by atoms with Gasteiger partial charge < -0.3 is 19.7 Å². The van der Waals surface area contributed by atoms with E-state index in [-0.39, 0.29) is 17.9 Å². The first kappa shape index (κ1) is 20.2. The number of ether oxygens (including phenoxy) is 2. The Hall–Kier alpha value is -2.08. The van der Waals surface area contributed by atoms with Crippen molar-refractivity contribution >= 4 is 17.5 Å². The molecule has 2 heterocycles. The highest BCUT2D eigenvalue weighted by Gasteiger charge is 2.30. The molecule has 2 atom stereocenters. The molecular weight excluding hydrogens is 388 g/mol. The van der Waals surface area contributed by atoms with Gasteiger partial charge in [-0.3, -0.25) is 4.79 Å². The SMILES string of the molecule is Cc1ccc([C@@H](C[NH+]2CCOCC2)NC(=O)[C@H]2COc3ccc(Cl)cc3C2)cc1. The summed E-state index contributed by atoms with van der Waals surface area (Å²) >= 11 is 6.12. The molecule has 0 unspecified atom stereocenters. The van der Waals surface area contributed by atoms with Gasteiger partial charge in [-0.05, 0) is 42.7 Å². The van der Waals surface area contributed by atoms with E-state index in [1.165, 1.54) is 10.5 Å². The van der Waals surface area contributed by atoms with Crippen molar-refractivity contribution in [2.45, 2.75) is 19.4 Å². The topological polar surface area (TPSA) is 52.0 Å². The Bertz CT molecular complexity index is 850. The van der Waals surface area contributed by atoms with Crippen LogP contribution in [-0.2, 0) is 16.0 Å². The third-order valence-corrected chi connectivity index (χ3v) is 6.02. The number of hydrogen-bond acceptors (Lipinski definition) is 3. The highest BCUT2D eigenvalue weighted by Crippen LogP contribution is 2.30. The molecule has 0 radical (unpaired) electrons. The van der Waals surface area contributed by atoms with Crippen molar-refractivity contribution in [1.82, 2.24) is 5.32 Å². The molecule has 29 heavy (non-hydrogen) atoms. The van der Waals surface area contributed by atoms with Gasteiger partial charge in [0.15, 0.2) is 0 Å². The van der Waals surface area contributed by atoms with E-state index in [2.05, 4.69) is 36.5 Å². The van der Waals surface area contributed by atoms with Crippen molar-refractivity contribution in [2.75, 3.05) is 39.5 Å². The molecule has 1 fully saturated rings. The van der Waals surface area contributed by atoms with Crippen LogP contribution < -0.4 is 15.0 Å². The molecule has 0 bridgehead atoms. The van der Waals surface area contributed by atoms with Crippen LogP contribution >= 0.6 is 11.6 Å². The van der Waals surface area contributed by atoms with Crippen LogP contribution in [0, 0.1) is 12.8 Å². The highest BCUT2D eigenvalue weighted by molar-refractivity contribution is 6.30. The molecule has 0 aromatic heterocycles. The van der Waals surface area contributed by atoms with E-state index in [0.717, 1.165) is 49.7 Å². The number of hydrogen-bond donors (Lipinski definition) is 2. The van der Waals surface area contributed by atoms with Gasteiger partial charge in [-0.1, -0.05) is 41.4 Å². The van der Waals surface area contributed by atoms with E-state index in [4.69, 9.17) is 21.1 Å². The lowest BCUT2D eigenvalue weighted by atomic mass is 9.95. The summed E-state index contributed by atoms with van der Waals surface area (Å²) in [6.45, 7) is 6.81. The molecule has 2 aliphatic heterocycles. The maximum atomic E-state index is 13.1. The van der Waals surface area contributed by atoms with Gasteiger partial charge in [-0.2, -0.15) is 0 Å². The molecule has 4 rings (SSSR count). The molecular formula is C23H28ClN2O3+. The predicted octanol–water partition coefficient (Wildman–Crippen LogP) is 1.97. The summed E-state index contributed by atoms with van der Waals surface area (Å²) in [6.07, 6.45) is 0.646. The summed E-state index contributed by atoms with van der Waals surface area (Å²) < 4.78 is 11.3. The van der Waals surface area contributed by atoms with E-state index >= 15 is 0 Å². The molecule has 154 valence electrons. The largest absolute Gasteiger partial charge is 0.492 e. The van der Waals surface area contributed by atoms with E-state index in [1.807, 2.05) is 18.2 Å². The van der Waals surface area contributed by atoms with Crippen LogP contribution in [0.15, 0.2) is 42.5 Å². The molecule has 0 spiro atoms. The second-order valence-electron chi connectivity index (χ2n) is 8.00. The Balaban J connectivity index is 1.47. The number of halogens is 1. The van der Waals surface area contributed by atoms with Crippen molar-refractivity contribution in [3.8, 4) is 5.75 Å². The number of aryl methyl sites for hydroxylation is 1. The fourth-order valence-corrected chi connectivity index (χ4v) is 4.22. The molecule has 0 saturated carbocycles. The first-order chi connectivity index (χ1) is 14.1. The monoisotopic (exact) mass is 415 g/mol. The van der Waals surface area contributed by atoms with Crippen molar-refractivity contribution < 1.29 is 19.2 Å². The number of amides is 1. The Morgan fingerprint density at radius 2 is 1.97 bits per heavy atom. The van der Waals surface area contributed by atoms with Gasteiger partial charge in [0.05, 0.1) is 19.1 Å². The third kappa shape index (κ3) is 5.10. The summed E-state index contributed by atoms with van der Waals surface area (Å²) in [6, 6.07) is 14.0. The maximum absolute atomic E-state index is 13.1. The van der Waals surface area contributed by atoms with Crippen LogP contribution in [0.4, 0.5) is 0 Å². The molecule has 2 N–H and O–H groups in total. The number of carbonyl (C=O) groups is 1. The van der Waals surface area contributed by atoms with Gasteiger partial charge in [0.25, 0.3) is 0 Å². The fraction of sp³-hybridized carbons (Fsp3) is 0.435. The summed E-state index contributed by atoms with van der Waals surface area (Å²) in [7, 11) is 0. The number of benzene rings is 2. The minimum atomic E-state index is -0.214. The first-order valence-corrected chi connectivity index (χ1v) is 10.7. The summed E-state index contributed by atoms with van der Waals surface area (Å²) in [5, 5.41) is 3.97. The van der Waals surface area contributed by atoms with Gasteiger partial charge in [-0.25, -0.2) is 0 Å². The lowest BCUT2D eigenvalue weighted by Gasteiger charge is -2.30. The quantitative estimate of drug-likeness (QED) is 0.785. The molecule has 2 aromatic carbocycles. The van der Waals surface area contributed by atoms with Gasteiger partial charge in [0.2, 0.25) is 5.91 Å².